The first-order chi connectivity index (χ1) is 13.7. The zero-order valence-electron chi connectivity index (χ0n) is 15.6. The monoisotopic (exact) mass is 395 g/mol. The number of halogens is 1. The predicted molar refractivity (Wildman–Crippen MR) is 110 cm³/mol. The molecule has 1 aliphatic carbocycles. The number of para-hydroxylation sites is 1. The first kappa shape index (κ1) is 18.8. The molecular formula is C23H22ClNO3. The van der Waals surface area contributed by atoms with Crippen molar-refractivity contribution in [3.05, 3.63) is 70.4 Å². The van der Waals surface area contributed by atoms with Gasteiger partial charge in [0.2, 0.25) is 0 Å². The minimum atomic E-state index is -0.295. The van der Waals surface area contributed by atoms with Gasteiger partial charge in [0, 0.05) is 16.1 Å². The molecule has 2 aromatic carbocycles. The lowest BCUT2D eigenvalue weighted by atomic mass is 9.97. The molecule has 0 spiro atoms. The quantitative estimate of drug-likeness (QED) is 0.330. The highest BCUT2D eigenvalue weighted by molar-refractivity contribution is 6.30. The first-order valence-electron chi connectivity index (χ1n) is 9.68. The van der Waals surface area contributed by atoms with Crippen molar-refractivity contribution in [2.45, 2.75) is 32.1 Å². The average Bonchev–Trinajstić information content (AvgIpc) is 2.95. The van der Waals surface area contributed by atoms with Crippen molar-refractivity contribution in [2.75, 3.05) is 13.2 Å². The highest BCUT2D eigenvalue weighted by Crippen LogP contribution is 2.29. The van der Waals surface area contributed by atoms with Gasteiger partial charge in [-0.1, -0.05) is 36.2 Å². The zero-order valence-corrected chi connectivity index (χ0v) is 16.4. The summed E-state index contributed by atoms with van der Waals surface area (Å²) in [6, 6.07) is 14.9. The van der Waals surface area contributed by atoms with E-state index in [2.05, 4.69) is 0 Å². The number of esters is 1. The molecule has 144 valence electrons. The maximum absolute atomic E-state index is 13.0. The van der Waals surface area contributed by atoms with Crippen LogP contribution in [0.25, 0.3) is 10.9 Å². The molecule has 1 aromatic heterocycles. The van der Waals surface area contributed by atoms with Gasteiger partial charge in [0.25, 0.3) is 0 Å². The van der Waals surface area contributed by atoms with Gasteiger partial charge in [0.15, 0.2) is 0 Å². The van der Waals surface area contributed by atoms with Crippen LogP contribution in [0.15, 0.2) is 48.5 Å². The Morgan fingerprint density at radius 2 is 1.75 bits per heavy atom. The molecule has 4 nitrogen and oxygen atoms in total. The van der Waals surface area contributed by atoms with Gasteiger partial charge in [-0.2, -0.15) is 0 Å². The molecule has 3 aromatic rings. The summed E-state index contributed by atoms with van der Waals surface area (Å²) in [7, 11) is 0. The van der Waals surface area contributed by atoms with Gasteiger partial charge >= 0.3 is 5.97 Å². The van der Waals surface area contributed by atoms with E-state index in [4.69, 9.17) is 26.1 Å². The zero-order chi connectivity index (χ0) is 19.3. The van der Waals surface area contributed by atoms with Crippen LogP contribution in [-0.2, 0) is 17.6 Å². The lowest BCUT2D eigenvalue weighted by Crippen LogP contribution is -2.16. The Balaban J connectivity index is 1.51. The van der Waals surface area contributed by atoms with E-state index in [-0.39, 0.29) is 12.6 Å². The van der Waals surface area contributed by atoms with Gasteiger partial charge in [-0.25, -0.2) is 4.79 Å². The maximum Gasteiger partial charge on any atom is 0.339 e. The minimum absolute atomic E-state index is 0.187. The Kier molecular flexibility index (Phi) is 5.77. The number of ether oxygens (including phenoxy) is 2. The van der Waals surface area contributed by atoms with Crippen LogP contribution < -0.4 is 4.74 Å². The van der Waals surface area contributed by atoms with Crippen molar-refractivity contribution in [3.8, 4) is 5.75 Å². The fourth-order valence-electron chi connectivity index (χ4n) is 3.68. The second kappa shape index (κ2) is 8.61. The normalized spacial score (nSPS) is 13.6. The molecular weight excluding hydrogens is 374 g/mol. The number of hydrogen-bond acceptors (Lipinski definition) is 4. The maximum atomic E-state index is 13.0. The number of aromatic nitrogens is 1. The summed E-state index contributed by atoms with van der Waals surface area (Å²) >= 11 is 5.87. The fraction of sp³-hybridized carbons (Fsp3) is 0.304. The second-order valence-corrected chi connectivity index (χ2v) is 7.36. The van der Waals surface area contributed by atoms with E-state index < -0.39 is 0 Å². The summed E-state index contributed by atoms with van der Waals surface area (Å²) in [5.41, 5.74) is 3.63. The molecule has 0 N–H and O–H groups in total. The van der Waals surface area contributed by atoms with Crippen LogP contribution in [0, 0.1) is 0 Å². The molecule has 1 aliphatic rings. The van der Waals surface area contributed by atoms with Crippen LogP contribution in [0.1, 0.15) is 40.9 Å². The average molecular weight is 396 g/mol. The Labute approximate surface area is 169 Å². The molecule has 0 saturated heterocycles. The molecule has 0 radical (unpaired) electrons. The Bertz CT molecular complexity index is 985. The van der Waals surface area contributed by atoms with Crippen LogP contribution in [0.3, 0.4) is 0 Å². The van der Waals surface area contributed by atoms with Gasteiger partial charge in [0.1, 0.15) is 19.0 Å². The van der Waals surface area contributed by atoms with Crippen molar-refractivity contribution < 1.29 is 14.3 Å². The number of carbonyl (C=O) groups is 1. The highest BCUT2D eigenvalue weighted by Gasteiger charge is 2.22. The van der Waals surface area contributed by atoms with Gasteiger partial charge in [-0.3, -0.25) is 4.98 Å². The third-order valence-electron chi connectivity index (χ3n) is 5.02. The molecule has 0 unspecified atom stereocenters. The lowest BCUT2D eigenvalue weighted by Gasteiger charge is -2.15. The minimum Gasteiger partial charge on any atom is -0.490 e. The summed E-state index contributed by atoms with van der Waals surface area (Å²) < 4.78 is 11.2. The third kappa shape index (κ3) is 4.12. The van der Waals surface area contributed by atoms with Crippen LogP contribution in [0.5, 0.6) is 5.75 Å². The fourth-order valence-corrected chi connectivity index (χ4v) is 3.81. The second-order valence-electron chi connectivity index (χ2n) is 6.93. The van der Waals surface area contributed by atoms with E-state index in [1.165, 1.54) is 0 Å². The Hall–Kier alpha value is -2.59. The topological polar surface area (TPSA) is 48.4 Å². The van der Waals surface area contributed by atoms with E-state index in [1.807, 2.05) is 24.3 Å². The number of hydrogen-bond donors (Lipinski definition) is 0. The number of rotatable bonds is 5. The smallest absolute Gasteiger partial charge is 0.339 e. The van der Waals surface area contributed by atoms with Gasteiger partial charge in [0.05, 0.1) is 11.1 Å². The van der Waals surface area contributed by atoms with Crippen LogP contribution in [0.2, 0.25) is 5.02 Å². The third-order valence-corrected chi connectivity index (χ3v) is 5.27. The number of fused-ring (bicyclic) bond motifs is 2. The number of pyridine rings is 1. The summed E-state index contributed by atoms with van der Waals surface area (Å²) in [5, 5.41) is 1.52. The van der Waals surface area contributed by atoms with E-state index in [9.17, 15) is 4.79 Å². The van der Waals surface area contributed by atoms with Crippen molar-refractivity contribution >= 4 is 28.5 Å². The van der Waals surface area contributed by atoms with Crippen LogP contribution in [0.4, 0.5) is 0 Å². The van der Waals surface area contributed by atoms with E-state index in [0.717, 1.165) is 54.3 Å². The van der Waals surface area contributed by atoms with Gasteiger partial charge < -0.3 is 9.47 Å². The summed E-state index contributed by atoms with van der Waals surface area (Å²) in [4.78, 5) is 17.8. The van der Waals surface area contributed by atoms with E-state index in [1.54, 1.807) is 24.3 Å². The molecule has 4 rings (SSSR count). The molecule has 28 heavy (non-hydrogen) atoms. The summed E-state index contributed by atoms with van der Waals surface area (Å²) in [6.45, 7) is 0.478. The number of benzene rings is 2. The molecule has 5 heteroatoms. The van der Waals surface area contributed by atoms with Gasteiger partial charge in [-0.15, -0.1) is 0 Å². The van der Waals surface area contributed by atoms with Crippen molar-refractivity contribution in [1.82, 2.24) is 4.98 Å². The number of carbonyl (C=O) groups excluding carboxylic acids is 1. The molecule has 0 fully saturated rings. The largest absolute Gasteiger partial charge is 0.490 e. The number of nitrogens with zero attached hydrogens (tertiary/aromatic N) is 1. The van der Waals surface area contributed by atoms with E-state index >= 15 is 0 Å². The molecule has 0 amide bonds. The Morgan fingerprint density at radius 3 is 2.61 bits per heavy atom. The van der Waals surface area contributed by atoms with Crippen LogP contribution in [-0.4, -0.2) is 24.2 Å². The molecule has 0 aliphatic heterocycles. The molecule has 0 saturated carbocycles. The molecule has 0 bridgehead atoms. The van der Waals surface area contributed by atoms with Gasteiger partial charge in [-0.05, 0) is 61.6 Å². The summed E-state index contributed by atoms with van der Waals surface area (Å²) in [5.74, 6) is 0.403. The highest BCUT2D eigenvalue weighted by atomic mass is 35.5. The van der Waals surface area contributed by atoms with Crippen molar-refractivity contribution in [1.29, 1.82) is 0 Å². The summed E-state index contributed by atoms with van der Waals surface area (Å²) in [6.07, 6.45) is 5.14. The van der Waals surface area contributed by atoms with Crippen molar-refractivity contribution in [2.24, 2.45) is 0 Å². The Morgan fingerprint density at radius 1 is 0.964 bits per heavy atom. The standard InChI is InChI=1S/C23H22ClNO3/c24-16-10-12-17(13-11-16)27-14-15-28-23(26)22-18-6-2-1-3-8-20(18)25-21-9-5-4-7-19(21)22/h4-5,7,9-13H,1-3,6,8,14-15H2. The predicted octanol–water partition coefficient (Wildman–Crippen LogP) is 5.39. The number of aryl methyl sites for hydroxylation is 1. The molecule has 0 atom stereocenters. The SMILES string of the molecule is O=C(OCCOc1ccc(Cl)cc1)c1c2c(nc3ccccc13)CCCCC2. The molecule has 1 heterocycles. The van der Waals surface area contributed by atoms with Crippen LogP contribution >= 0.6 is 11.6 Å². The lowest BCUT2D eigenvalue weighted by molar-refractivity contribution is 0.0451. The van der Waals surface area contributed by atoms with E-state index in [0.29, 0.717) is 22.9 Å². The van der Waals surface area contributed by atoms with Crippen molar-refractivity contribution in [3.63, 3.8) is 0 Å². The first-order valence-corrected chi connectivity index (χ1v) is 10.1.